The predicted octanol–water partition coefficient (Wildman–Crippen LogP) is 7.20. The van der Waals surface area contributed by atoms with Crippen LogP contribution in [0.1, 0.15) is 76.3 Å². The van der Waals surface area contributed by atoms with Gasteiger partial charge >= 0.3 is 5.97 Å². The van der Waals surface area contributed by atoms with Crippen LogP contribution in [-0.2, 0) is 22.5 Å². The second kappa shape index (κ2) is 16.4. The van der Waals surface area contributed by atoms with Gasteiger partial charge in [0.1, 0.15) is 31.4 Å². The summed E-state index contributed by atoms with van der Waals surface area (Å²) in [6.45, 7) is 6.47. The third kappa shape index (κ3) is 12.8. The largest absolute Gasteiger partial charge is 0.490 e. The van der Waals surface area contributed by atoms with E-state index in [1.54, 1.807) is 0 Å². The van der Waals surface area contributed by atoms with Crippen LogP contribution in [-0.4, -0.2) is 44.3 Å². The number of aryl methyl sites for hydroxylation is 1. The Morgan fingerprint density at radius 2 is 1.43 bits per heavy atom. The van der Waals surface area contributed by atoms with Gasteiger partial charge in [0.2, 0.25) is 0 Å². The number of carbonyl (C=O) groups excluding carboxylic acids is 1. The molecule has 0 radical (unpaired) electrons. The van der Waals surface area contributed by atoms with E-state index in [4.69, 9.17) is 9.47 Å². The molecule has 0 fully saturated rings. The highest BCUT2D eigenvalue weighted by atomic mass is 16.6. The first-order valence-corrected chi connectivity index (χ1v) is 13.6. The summed E-state index contributed by atoms with van der Waals surface area (Å²) in [5.74, 6) is 0.507. The third-order valence-electron chi connectivity index (χ3n) is 6.46. The SMILES string of the molecule is CCCCCCCCCCc1ccc(OCCOC(=O)C(C)C[N+](C)(C)Cc2ccccc2)cc1. The molecule has 0 spiro atoms. The van der Waals surface area contributed by atoms with Crippen LogP contribution in [0.3, 0.4) is 0 Å². The van der Waals surface area contributed by atoms with Crippen molar-refractivity contribution in [2.75, 3.05) is 33.9 Å². The molecule has 0 bridgehead atoms. The van der Waals surface area contributed by atoms with Crippen molar-refractivity contribution in [1.82, 2.24) is 0 Å². The number of quaternary nitrogens is 1. The molecule has 4 nitrogen and oxygen atoms in total. The summed E-state index contributed by atoms with van der Waals surface area (Å²) in [6.07, 6.45) is 11.9. The van der Waals surface area contributed by atoms with Gasteiger partial charge in [-0.3, -0.25) is 4.79 Å². The molecule has 0 saturated heterocycles. The molecule has 2 aromatic carbocycles. The van der Waals surface area contributed by atoms with E-state index in [-0.39, 0.29) is 18.5 Å². The van der Waals surface area contributed by atoms with Crippen LogP contribution in [0.15, 0.2) is 54.6 Å². The van der Waals surface area contributed by atoms with Crippen molar-refractivity contribution < 1.29 is 18.8 Å². The Balaban J connectivity index is 1.58. The summed E-state index contributed by atoms with van der Waals surface area (Å²) in [5, 5.41) is 0. The summed E-state index contributed by atoms with van der Waals surface area (Å²) in [5.41, 5.74) is 2.63. The van der Waals surface area contributed by atoms with Gasteiger partial charge in [0, 0.05) is 5.56 Å². The maximum absolute atomic E-state index is 12.5. The Bertz CT molecular complexity index is 817. The van der Waals surface area contributed by atoms with Crippen molar-refractivity contribution in [2.24, 2.45) is 5.92 Å². The number of hydrogen-bond acceptors (Lipinski definition) is 3. The van der Waals surface area contributed by atoms with Crippen molar-refractivity contribution in [1.29, 1.82) is 0 Å². The van der Waals surface area contributed by atoms with Crippen LogP contribution in [0.2, 0.25) is 0 Å². The molecule has 2 aromatic rings. The number of carbonyl (C=O) groups is 1. The van der Waals surface area contributed by atoms with Gasteiger partial charge in [0.25, 0.3) is 0 Å². The molecule has 0 heterocycles. The zero-order chi connectivity index (χ0) is 25.4. The molecule has 0 amide bonds. The van der Waals surface area contributed by atoms with Crippen LogP contribution in [0.4, 0.5) is 0 Å². The van der Waals surface area contributed by atoms with Gasteiger partial charge in [-0.15, -0.1) is 0 Å². The second-order valence-corrected chi connectivity index (χ2v) is 10.5. The summed E-state index contributed by atoms with van der Waals surface area (Å²) >= 11 is 0. The van der Waals surface area contributed by atoms with Crippen LogP contribution >= 0.6 is 0 Å². The number of nitrogens with zero attached hydrogens (tertiary/aromatic N) is 1. The van der Waals surface area contributed by atoms with Crippen LogP contribution in [0, 0.1) is 5.92 Å². The highest BCUT2D eigenvalue weighted by Gasteiger charge is 2.25. The van der Waals surface area contributed by atoms with Crippen LogP contribution < -0.4 is 4.74 Å². The van der Waals surface area contributed by atoms with E-state index >= 15 is 0 Å². The minimum absolute atomic E-state index is 0.159. The fourth-order valence-electron chi connectivity index (χ4n) is 4.62. The standard InChI is InChI=1S/C31H48NO3/c1-5-6-7-8-9-10-11-13-16-28-19-21-30(22-20-28)34-23-24-35-31(33)27(2)25-32(3,4)26-29-17-14-12-15-18-29/h12,14-15,17-22,27H,5-11,13,16,23-26H2,1-4H3/q+1. The summed E-state index contributed by atoms with van der Waals surface area (Å²) in [7, 11) is 4.30. The van der Waals surface area contributed by atoms with Gasteiger partial charge in [-0.2, -0.15) is 0 Å². The Morgan fingerprint density at radius 3 is 2.09 bits per heavy atom. The molecular weight excluding hydrogens is 434 g/mol. The molecule has 1 unspecified atom stereocenters. The maximum atomic E-state index is 12.5. The van der Waals surface area contributed by atoms with E-state index in [1.807, 2.05) is 25.1 Å². The molecule has 194 valence electrons. The second-order valence-electron chi connectivity index (χ2n) is 10.5. The minimum atomic E-state index is -0.163. The summed E-state index contributed by atoms with van der Waals surface area (Å²) in [6, 6.07) is 18.7. The molecule has 0 aliphatic carbocycles. The fraction of sp³-hybridized carbons (Fsp3) is 0.581. The average molecular weight is 483 g/mol. The molecule has 4 heteroatoms. The van der Waals surface area contributed by atoms with E-state index < -0.39 is 0 Å². The van der Waals surface area contributed by atoms with Gasteiger partial charge in [-0.25, -0.2) is 0 Å². The zero-order valence-corrected chi connectivity index (χ0v) is 22.6. The summed E-state index contributed by atoms with van der Waals surface area (Å²) < 4.78 is 12.0. The number of benzene rings is 2. The number of ether oxygens (including phenoxy) is 2. The molecule has 0 saturated carbocycles. The number of unbranched alkanes of at least 4 members (excludes halogenated alkanes) is 7. The molecular formula is C31H48NO3+. The maximum Gasteiger partial charge on any atom is 0.314 e. The van der Waals surface area contributed by atoms with Crippen LogP contribution in [0.5, 0.6) is 5.75 Å². The molecule has 0 N–H and O–H groups in total. The molecule has 35 heavy (non-hydrogen) atoms. The lowest BCUT2D eigenvalue weighted by atomic mass is 10.0. The normalized spacial score (nSPS) is 12.3. The minimum Gasteiger partial charge on any atom is -0.490 e. The van der Waals surface area contributed by atoms with E-state index in [0.717, 1.165) is 29.7 Å². The van der Waals surface area contributed by atoms with E-state index in [0.29, 0.717) is 6.61 Å². The van der Waals surface area contributed by atoms with Gasteiger partial charge in [-0.05, 0) is 37.5 Å². The van der Waals surface area contributed by atoms with E-state index in [2.05, 4.69) is 57.4 Å². The zero-order valence-electron chi connectivity index (χ0n) is 22.6. The number of esters is 1. The highest BCUT2D eigenvalue weighted by molar-refractivity contribution is 5.72. The first-order chi connectivity index (χ1) is 16.9. The molecule has 0 aromatic heterocycles. The molecule has 0 aliphatic heterocycles. The Labute approximate surface area is 214 Å². The lowest BCUT2D eigenvalue weighted by molar-refractivity contribution is -0.905. The number of rotatable bonds is 18. The third-order valence-corrected chi connectivity index (χ3v) is 6.46. The fourth-order valence-corrected chi connectivity index (χ4v) is 4.62. The highest BCUT2D eigenvalue weighted by Crippen LogP contribution is 2.16. The van der Waals surface area contributed by atoms with Crippen molar-refractivity contribution in [3.8, 4) is 5.75 Å². The van der Waals surface area contributed by atoms with E-state index in [1.165, 1.54) is 62.5 Å². The lowest BCUT2D eigenvalue weighted by Crippen LogP contribution is -2.44. The first-order valence-electron chi connectivity index (χ1n) is 13.6. The first kappa shape index (κ1) is 28.9. The van der Waals surface area contributed by atoms with E-state index in [9.17, 15) is 4.79 Å². The van der Waals surface area contributed by atoms with Crippen molar-refractivity contribution >= 4 is 5.97 Å². The van der Waals surface area contributed by atoms with Crippen molar-refractivity contribution in [3.63, 3.8) is 0 Å². The topological polar surface area (TPSA) is 35.5 Å². The quantitative estimate of drug-likeness (QED) is 0.128. The van der Waals surface area contributed by atoms with Gasteiger partial charge < -0.3 is 14.0 Å². The van der Waals surface area contributed by atoms with Crippen molar-refractivity contribution in [2.45, 2.75) is 78.2 Å². The van der Waals surface area contributed by atoms with Crippen molar-refractivity contribution in [3.05, 3.63) is 65.7 Å². The Morgan fingerprint density at radius 1 is 0.800 bits per heavy atom. The monoisotopic (exact) mass is 482 g/mol. The Hall–Kier alpha value is -2.33. The van der Waals surface area contributed by atoms with Crippen LogP contribution in [0.25, 0.3) is 0 Å². The Kier molecular flexibility index (Phi) is 13.5. The van der Waals surface area contributed by atoms with Gasteiger partial charge in [-0.1, -0.05) is 94.3 Å². The molecule has 1 atom stereocenters. The average Bonchev–Trinajstić information content (AvgIpc) is 2.84. The van der Waals surface area contributed by atoms with Gasteiger partial charge in [0.05, 0.1) is 20.6 Å². The number of hydrogen-bond donors (Lipinski definition) is 0. The molecule has 0 aliphatic rings. The lowest BCUT2D eigenvalue weighted by Gasteiger charge is -2.31. The predicted molar refractivity (Wildman–Crippen MR) is 145 cm³/mol. The summed E-state index contributed by atoms with van der Waals surface area (Å²) in [4.78, 5) is 12.5. The smallest absolute Gasteiger partial charge is 0.314 e. The van der Waals surface area contributed by atoms with Gasteiger partial charge in [0.15, 0.2) is 0 Å². The molecule has 2 rings (SSSR count).